The van der Waals surface area contributed by atoms with Crippen molar-refractivity contribution in [3.05, 3.63) is 0 Å². The minimum absolute atomic E-state index is 0.123. The average molecular weight is 230 g/mol. The zero-order chi connectivity index (χ0) is 12.3. The first-order valence-corrected chi connectivity index (χ1v) is 5.81. The Morgan fingerprint density at radius 3 is 2.31 bits per heavy atom. The van der Waals surface area contributed by atoms with Gasteiger partial charge in [-0.2, -0.15) is 0 Å². The van der Waals surface area contributed by atoms with E-state index in [2.05, 4.69) is 0 Å². The summed E-state index contributed by atoms with van der Waals surface area (Å²) in [6.45, 7) is 7.66. The molecule has 1 aliphatic rings. The van der Waals surface area contributed by atoms with Crippen LogP contribution in [-0.2, 0) is 14.3 Å². The van der Waals surface area contributed by atoms with Crippen LogP contribution in [-0.4, -0.2) is 36.0 Å². The lowest BCUT2D eigenvalue weighted by Gasteiger charge is -2.33. The van der Waals surface area contributed by atoms with E-state index < -0.39 is 11.4 Å². The standard InChI is InChI=1S/C12H22O4/c1-8-5-10(6-9(2)16-8)15-7-12(3,4)11(13)14/h8-10H,5-7H2,1-4H3,(H,13,14). The molecule has 94 valence electrons. The molecule has 4 nitrogen and oxygen atoms in total. The summed E-state index contributed by atoms with van der Waals surface area (Å²) in [6.07, 6.45) is 2.21. The first-order chi connectivity index (χ1) is 7.31. The van der Waals surface area contributed by atoms with Crippen LogP contribution in [0.4, 0.5) is 0 Å². The van der Waals surface area contributed by atoms with Crippen molar-refractivity contribution in [3.63, 3.8) is 0 Å². The Kier molecular flexibility index (Phi) is 4.33. The summed E-state index contributed by atoms with van der Waals surface area (Å²) >= 11 is 0. The van der Waals surface area contributed by atoms with Gasteiger partial charge in [0.15, 0.2) is 0 Å². The molecule has 0 aromatic heterocycles. The van der Waals surface area contributed by atoms with Crippen LogP contribution in [0.25, 0.3) is 0 Å². The molecule has 1 N–H and O–H groups in total. The van der Waals surface area contributed by atoms with Crippen molar-refractivity contribution in [1.82, 2.24) is 0 Å². The van der Waals surface area contributed by atoms with Gasteiger partial charge in [-0.1, -0.05) is 0 Å². The topological polar surface area (TPSA) is 55.8 Å². The van der Waals surface area contributed by atoms with Gasteiger partial charge in [0, 0.05) is 0 Å². The second kappa shape index (κ2) is 5.15. The summed E-state index contributed by atoms with van der Waals surface area (Å²) in [6, 6.07) is 0. The second-order valence-electron chi connectivity index (χ2n) is 5.35. The molecular formula is C12H22O4. The molecule has 0 bridgehead atoms. The van der Waals surface area contributed by atoms with E-state index in [0.717, 1.165) is 12.8 Å². The monoisotopic (exact) mass is 230 g/mol. The number of aliphatic carboxylic acids is 1. The average Bonchev–Trinajstić information content (AvgIpc) is 2.13. The van der Waals surface area contributed by atoms with Gasteiger partial charge < -0.3 is 14.6 Å². The molecule has 1 aliphatic heterocycles. The van der Waals surface area contributed by atoms with E-state index in [1.54, 1.807) is 13.8 Å². The summed E-state index contributed by atoms with van der Waals surface area (Å²) in [5.41, 5.74) is -0.815. The van der Waals surface area contributed by atoms with Gasteiger partial charge in [-0.25, -0.2) is 0 Å². The van der Waals surface area contributed by atoms with Gasteiger partial charge in [-0.3, -0.25) is 4.79 Å². The molecule has 2 unspecified atom stereocenters. The summed E-state index contributed by atoms with van der Waals surface area (Å²) in [7, 11) is 0. The van der Waals surface area contributed by atoms with Crippen LogP contribution in [0.3, 0.4) is 0 Å². The number of hydrogen-bond acceptors (Lipinski definition) is 3. The molecule has 0 amide bonds. The van der Waals surface area contributed by atoms with E-state index in [-0.39, 0.29) is 24.9 Å². The van der Waals surface area contributed by atoms with Crippen molar-refractivity contribution >= 4 is 5.97 Å². The summed E-state index contributed by atoms with van der Waals surface area (Å²) in [4.78, 5) is 10.9. The van der Waals surface area contributed by atoms with Crippen LogP contribution in [0.5, 0.6) is 0 Å². The van der Waals surface area contributed by atoms with Gasteiger partial charge in [0.1, 0.15) is 0 Å². The lowest BCUT2D eigenvalue weighted by atomic mass is 9.95. The van der Waals surface area contributed by atoms with Gasteiger partial charge in [0.2, 0.25) is 0 Å². The number of carbonyl (C=O) groups is 1. The molecule has 16 heavy (non-hydrogen) atoms. The Morgan fingerprint density at radius 2 is 1.88 bits per heavy atom. The highest BCUT2D eigenvalue weighted by Crippen LogP contribution is 2.24. The second-order valence-corrected chi connectivity index (χ2v) is 5.35. The van der Waals surface area contributed by atoms with Gasteiger partial charge >= 0.3 is 5.97 Å². The van der Waals surface area contributed by atoms with Gasteiger partial charge in [0.05, 0.1) is 30.3 Å². The highest BCUT2D eigenvalue weighted by molar-refractivity contribution is 5.73. The summed E-state index contributed by atoms with van der Waals surface area (Å²) in [5.74, 6) is -0.819. The third-order valence-corrected chi connectivity index (χ3v) is 2.91. The molecule has 1 rings (SSSR count). The third kappa shape index (κ3) is 3.76. The Morgan fingerprint density at radius 1 is 1.38 bits per heavy atom. The van der Waals surface area contributed by atoms with Crippen LogP contribution in [0.2, 0.25) is 0 Å². The number of carboxylic acids is 1. The van der Waals surface area contributed by atoms with Crippen molar-refractivity contribution < 1.29 is 19.4 Å². The van der Waals surface area contributed by atoms with Gasteiger partial charge in [0.25, 0.3) is 0 Å². The fourth-order valence-electron chi connectivity index (χ4n) is 1.87. The molecule has 1 heterocycles. The predicted octanol–water partition coefficient (Wildman–Crippen LogP) is 2.07. The van der Waals surface area contributed by atoms with Crippen molar-refractivity contribution in [2.45, 2.75) is 58.8 Å². The number of hydrogen-bond donors (Lipinski definition) is 1. The number of rotatable bonds is 4. The smallest absolute Gasteiger partial charge is 0.311 e. The third-order valence-electron chi connectivity index (χ3n) is 2.91. The van der Waals surface area contributed by atoms with Gasteiger partial charge in [-0.15, -0.1) is 0 Å². The van der Waals surface area contributed by atoms with Crippen LogP contribution in [0, 0.1) is 5.41 Å². The van der Waals surface area contributed by atoms with E-state index in [1.807, 2.05) is 13.8 Å². The lowest BCUT2D eigenvalue weighted by molar-refractivity contribution is -0.155. The maximum Gasteiger partial charge on any atom is 0.311 e. The molecule has 4 heteroatoms. The van der Waals surface area contributed by atoms with E-state index in [9.17, 15) is 4.79 Å². The molecule has 2 atom stereocenters. The fourth-order valence-corrected chi connectivity index (χ4v) is 1.87. The molecular weight excluding hydrogens is 208 g/mol. The minimum atomic E-state index is -0.819. The van der Waals surface area contributed by atoms with Crippen molar-refractivity contribution in [1.29, 1.82) is 0 Å². The molecule has 0 aromatic rings. The van der Waals surface area contributed by atoms with Crippen LogP contribution in [0.15, 0.2) is 0 Å². The SMILES string of the molecule is CC1CC(OCC(C)(C)C(=O)O)CC(C)O1. The Bertz CT molecular complexity index is 239. The van der Waals surface area contributed by atoms with Crippen molar-refractivity contribution in [2.24, 2.45) is 5.41 Å². The predicted molar refractivity (Wildman–Crippen MR) is 60.4 cm³/mol. The molecule has 0 aliphatic carbocycles. The van der Waals surface area contributed by atoms with Crippen molar-refractivity contribution in [3.8, 4) is 0 Å². The zero-order valence-electron chi connectivity index (χ0n) is 10.5. The number of ether oxygens (including phenoxy) is 2. The van der Waals surface area contributed by atoms with E-state index in [1.165, 1.54) is 0 Å². The number of carboxylic acid groups (broad SMARTS) is 1. The minimum Gasteiger partial charge on any atom is -0.481 e. The molecule has 1 fully saturated rings. The molecule has 0 radical (unpaired) electrons. The van der Waals surface area contributed by atoms with Crippen LogP contribution < -0.4 is 0 Å². The quantitative estimate of drug-likeness (QED) is 0.803. The molecule has 0 saturated carbocycles. The van der Waals surface area contributed by atoms with Crippen LogP contribution in [0.1, 0.15) is 40.5 Å². The van der Waals surface area contributed by atoms with Crippen LogP contribution >= 0.6 is 0 Å². The van der Waals surface area contributed by atoms with E-state index >= 15 is 0 Å². The largest absolute Gasteiger partial charge is 0.481 e. The summed E-state index contributed by atoms with van der Waals surface area (Å²) in [5, 5.41) is 8.97. The van der Waals surface area contributed by atoms with E-state index in [0.29, 0.717) is 0 Å². The normalized spacial score (nSPS) is 31.4. The maximum absolute atomic E-state index is 10.9. The Balaban J connectivity index is 2.40. The summed E-state index contributed by atoms with van der Waals surface area (Å²) < 4.78 is 11.3. The first-order valence-electron chi connectivity index (χ1n) is 5.81. The molecule has 1 saturated heterocycles. The Hall–Kier alpha value is -0.610. The maximum atomic E-state index is 10.9. The fraction of sp³-hybridized carbons (Fsp3) is 0.917. The van der Waals surface area contributed by atoms with Crippen molar-refractivity contribution in [2.75, 3.05) is 6.61 Å². The lowest BCUT2D eigenvalue weighted by Crippen LogP contribution is -2.37. The zero-order valence-corrected chi connectivity index (χ0v) is 10.5. The highest BCUT2D eigenvalue weighted by Gasteiger charge is 2.31. The molecule has 0 aromatic carbocycles. The molecule has 0 spiro atoms. The highest BCUT2D eigenvalue weighted by atomic mass is 16.5. The first kappa shape index (κ1) is 13.5. The van der Waals surface area contributed by atoms with E-state index in [4.69, 9.17) is 14.6 Å². The Labute approximate surface area is 96.9 Å². The van der Waals surface area contributed by atoms with Gasteiger partial charge in [-0.05, 0) is 40.5 Å².